The first-order chi connectivity index (χ1) is 16.0. The molecule has 0 spiro atoms. The molecule has 0 radical (unpaired) electrons. The molecule has 0 fully saturated rings. The SMILES string of the molecule is CC1CCOc2c(cnn2C)-c2nccc(n2)Nc2cc3c(cn2)c(NCCC(N)=O)nn31. The lowest BCUT2D eigenvalue weighted by atomic mass is 10.2. The standard InChI is InChI=1S/C21H24N10O2/c1-12-5-8-33-21-14(11-26-30(21)2)19-23-7-4-17(28-19)27-18-9-15-13(10-25-18)20(29-31(12)15)24-6-3-16(22)32/h4,7,9-12H,3,5-6,8H2,1-2H3,(H2,22,32)(H,24,29)(H,23,25,27,28). The third kappa shape index (κ3) is 4.02. The largest absolute Gasteiger partial charge is 0.477 e. The normalized spacial score (nSPS) is 15.4. The van der Waals surface area contributed by atoms with Gasteiger partial charge in [0.05, 0.1) is 29.7 Å². The van der Waals surface area contributed by atoms with E-state index >= 15 is 0 Å². The summed E-state index contributed by atoms with van der Waals surface area (Å²) in [5.74, 6) is 2.63. The molecule has 4 N–H and O–H groups in total. The Morgan fingerprint density at radius 3 is 3.06 bits per heavy atom. The average Bonchev–Trinajstić information content (AvgIpc) is 3.34. The van der Waals surface area contributed by atoms with Crippen molar-refractivity contribution in [2.75, 3.05) is 23.8 Å². The van der Waals surface area contributed by atoms with Crippen LogP contribution < -0.4 is 21.1 Å². The molecule has 0 aromatic carbocycles. The quantitative estimate of drug-likeness (QED) is 0.426. The third-order valence-electron chi connectivity index (χ3n) is 5.48. The van der Waals surface area contributed by atoms with Crippen molar-refractivity contribution in [3.05, 3.63) is 30.7 Å². The molecule has 1 aliphatic heterocycles. The summed E-state index contributed by atoms with van der Waals surface area (Å²) in [5.41, 5.74) is 6.88. The number of nitrogens with zero attached hydrogens (tertiary/aromatic N) is 7. The molecule has 0 aliphatic carbocycles. The highest BCUT2D eigenvalue weighted by molar-refractivity contribution is 5.91. The minimum atomic E-state index is -0.370. The van der Waals surface area contributed by atoms with Gasteiger partial charge >= 0.3 is 0 Å². The molecule has 33 heavy (non-hydrogen) atoms. The van der Waals surface area contributed by atoms with E-state index in [9.17, 15) is 4.79 Å². The van der Waals surface area contributed by atoms with Gasteiger partial charge in [-0.15, -0.1) is 0 Å². The van der Waals surface area contributed by atoms with E-state index in [-0.39, 0.29) is 18.4 Å². The van der Waals surface area contributed by atoms with Crippen molar-refractivity contribution in [2.45, 2.75) is 25.8 Å². The van der Waals surface area contributed by atoms with Gasteiger partial charge in [0.1, 0.15) is 17.2 Å². The number of pyridine rings is 1. The Morgan fingerprint density at radius 1 is 1.33 bits per heavy atom. The van der Waals surface area contributed by atoms with E-state index in [0.717, 1.165) is 16.5 Å². The fourth-order valence-electron chi connectivity index (χ4n) is 3.76. The van der Waals surface area contributed by atoms with Gasteiger partial charge in [0.25, 0.3) is 0 Å². The molecule has 12 heteroatoms. The number of nitrogens with two attached hydrogens (primary N) is 1. The smallest absolute Gasteiger partial charge is 0.222 e. The lowest BCUT2D eigenvalue weighted by molar-refractivity contribution is -0.117. The van der Waals surface area contributed by atoms with Crippen LogP contribution in [0.4, 0.5) is 17.5 Å². The van der Waals surface area contributed by atoms with Crippen LogP contribution in [0.2, 0.25) is 0 Å². The summed E-state index contributed by atoms with van der Waals surface area (Å²) in [6.45, 7) is 2.93. The van der Waals surface area contributed by atoms with E-state index in [0.29, 0.717) is 48.7 Å². The summed E-state index contributed by atoms with van der Waals surface area (Å²) < 4.78 is 9.72. The number of carbonyl (C=O) groups excluding carboxylic acids is 1. The third-order valence-corrected chi connectivity index (χ3v) is 5.48. The zero-order valence-corrected chi connectivity index (χ0v) is 18.3. The number of carbonyl (C=O) groups is 1. The van der Waals surface area contributed by atoms with E-state index in [1.807, 2.05) is 17.8 Å². The first-order valence-electron chi connectivity index (χ1n) is 10.7. The van der Waals surface area contributed by atoms with Crippen LogP contribution in [0.15, 0.2) is 30.7 Å². The highest BCUT2D eigenvalue weighted by Crippen LogP contribution is 2.31. The van der Waals surface area contributed by atoms with Crippen LogP contribution in [0, 0.1) is 0 Å². The van der Waals surface area contributed by atoms with E-state index in [1.165, 1.54) is 0 Å². The van der Waals surface area contributed by atoms with Crippen molar-refractivity contribution in [2.24, 2.45) is 12.8 Å². The summed E-state index contributed by atoms with van der Waals surface area (Å²) in [7, 11) is 1.82. The number of rotatable bonds is 4. The maximum absolute atomic E-state index is 11.1. The molecular weight excluding hydrogens is 424 g/mol. The Bertz CT molecular complexity index is 1330. The van der Waals surface area contributed by atoms with Gasteiger partial charge in [-0.05, 0) is 13.0 Å². The van der Waals surface area contributed by atoms with E-state index in [1.54, 1.807) is 29.3 Å². The van der Waals surface area contributed by atoms with Crippen LogP contribution >= 0.6 is 0 Å². The van der Waals surface area contributed by atoms with Crippen molar-refractivity contribution >= 4 is 34.3 Å². The second-order valence-corrected chi connectivity index (χ2v) is 7.89. The van der Waals surface area contributed by atoms with Crippen molar-refractivity contribution < 1.29 is 9.53 Å². The number of aryl methyl sites for hydroxylation is 1. The second kappa shape index (κ2) is 8.37. The summed E-state index contributed by atoms with van der Waals surface area (Å²) >= 11 is 0. The monoisotopic (exact) mass is 448 g/mol. The molecule has 1 aliphatic rings. The molecular formula is C21H24N10O2. The van der Waals surface area contributed by atoms with Gasteiger partial charge in [-0.3, -0.25) is 9.48 Å². The molecule has 4 aromatic rings. The molecule has 170 valence electrons. The number of anilines is 3. The van der Waals surface area contributed by atoms with Crippen molar-refractivity contribution in [3.8, 4) is 17.3 Å². The van der Waals surface area contributed by atoms with Crippen LogP contribution in [0.3, 0.4) is 0 Å². The van der Waals surface area contributed by atoms with Gasteiger partial charge in [0.2, 0.25) is 11.8 Å². The number of amides is 1. The maximum atomic E-state index is 11.1. The fraction of sp³-hybridized carbons (Fsp3) is 0.333. The zero-order chi connectivity index (χ0) is 22.9. The zero-order valence-electron chi connectivity index (χ0n) is 18.3. The average molecular weight is 448 g/mol. The fourth-order valence-corrected chi connectivity index (χ4v) is 3.76. The van der Waals surface area contributed by atoms with E-state index < -0.39 is 0 Å². The topological polar surface area (TPSA) is 151 Å². The van der Waals surface area contributed by atoms with Crippen LogP contribution in [-0.4, -0.2) is 53.6 Å². The van der Waals surface area contributed by atoms with Crippen molar-refractivity contribution in [1.82, 2.24) is 34.5 Å². The van der Waals surface area contributed by atoms with E-state index in [4.69, 9.17) is 15.6 Å². The minimum absolute atomic E-state index is 0.0307. The number of hydrogen-bond acceptors (Lipinski definition) is 9. The first-order valence-corrected chi connectivity index (χ1v) is 10.7. The molecule has 12 nitrogen and oxygen atoms in total. The van der Waals surface area contributed by atoms with Gasteiger partial charge in [0, 0.05) is 44.9 Å². The van der Waals surface area contributed by atoms with Crippen LogP contribution in [-0.2, 0) is 11.8 Å². The molecule has 5 rings (SSSR count). The molecule has 1 atom stereocenters. The van der Waals surface area contributed by atoms with Gasteiger partial charge < -0.3 is 21.1 Å². The van der Waals surface area contributed by atoms with Crippen molar-refractivity contribution in [3.63, 3.8) is 0 Å². The number of ether oxygens (including phenoxy) is 1. The summed E-state index contributed by atoms with van der Waals surface area (Å²) in [6, 6.07) is 3.74. The Morgan fingerprint density at radius 2 is 2.21 bits per heavy atom. The van der Waals surface area contributed by atoms with Crippen molar-refractivity contribution in [1.29, 1.82) is 0 Å². The van der Waals surface area contributed by atoms with Crippen LogP contribution in [0.25, 0.3) is 22.3 Å². The number of nitrogens with one attached hydrogen (secondary N) is 2. The minimum Gasteiger partial charge on any atom is -0.477 e. The number of aromatic nitrogens is 7. The number of fused-ring (bicyclic) bond motifs is 5. The predicted molar refractivity (Wildman–Crippen MR) is 122 cm³/mol. The molecule has 4 bridgehead atoms. The van der Waals surface area contributed by atoms with Gasteiger partial charge in [0.15, 0.2) is 11.6 Å². The second-order valence-electron chi connectivity index (χ2n) is 7.89. The highest BCUT2D eigenvalue weighted by atomic mass is 16.5. The van der Waals surface area contributed by atoms with Gasteiger partial charge in [-0.1, -0.05) is 0 Å². The highest BCUT2D eigenvalue weighted by Gasteiger charge is 2.20. The van der Waals surface area contributed by atoms with Crippen LogP contribution in [0.5, 0.6) is 5.88 Å². The molecule has 4 aromatic heterocycles. The lowest BCUT2D eigenvalue weighted by Crippen LogP contribution is -2.16. The summed E-state index contributed by atoms with van der Waals surface area (Å²) in [4.78, 5) is 24.7. The molecule has 1 unspecified atom stereocenters. The molecule has 5 heterocycles. The van der Waals surface area contributed by atoms with Crippen LogP contribution in [0.1, 0.15) is 25.8 Å². The number of primary amides is 1. The predicted octanol–water partition coefficient (Wildman–Crippen LogP) is 2.00. The first kappa shape index (κ1) is 20.7. The Kier molecular flexibility index (Phi) is 5.24. The van der Waals surface area contributed by atoms with E-state index in [2.05, 4.69) is 37.6 Å². The summed E-state index contributed by atoms with van der Waals surface area (Å²) in [5, 5.41) is 16.4. The number of hydrogen-bond donors (Lipinski definition) is 3. The molecule has 0 saturated heterocycles. The Hall–Kier alpha value is -4.22. The van der Waals surface area contributed by atoms with Gasteiger partial charge in [-0.25, -0.2) is 19.6 Å². The Labute approximate surface area is 189 Å². The maximum Gasteiger partial charge on any atom is 0.222 e. The summed E-state index contributed by atoms with van der Waals surface area (Å²) in [6.07, 6.45) is 6.05. The van der Waals surface area contributed by atoms with Gasteiger partial charge in [-0.2, -0.15) is 10.2 Å². The molecule has 1 amide bonds. The molecule has 0 saturated carbocycles. The Balaban J connectivity index is 1.57. The lowest BCUT2D eigenvalue weighted by Gasteiger charge is -2.16.